The molecule has 1 rings (SSSR count). The SMILES string of the molecule is C=Cc1cccc(Cl)c1OC. The Kier molecular flexibility index (Phi) is 2.55. The maximum Gasteiger partial charge on any atom is 0.144 e. The van der Waals surface area contributed by atoms with Gasteiger partial charge in [-0.2, -0.15) is 0 Å². The Morgan fingerprint density at radius 2 is 2.27 bits per heavy atom. The third-order valence-electron chi connectivity index (χ3n) is 1.42. The molecule has 0 amide bonds. The summed E-state index contributed by atoms with van der Waals surface area (Å²) in [6.45, 7) is 3.64. The first kappa shape index (κ1) is 8.15. The van der Waals surface area contributed by atoms with E-state index < -0.39 is 0 Å². The molecule has 0 unspecified atom stereocenters. The summed E-state index contributed by atoms with van der Waals surface area (Å²) in [4.78, 5) is 0. The van der Waals surface area contributed by atoms with Gasteiger partial charge in [0.05, 0.1) is 12.1 Å². The summed E-state index contributed by atoms with van der Waals surface area (Å²) in [5.74, 6) is 0.684. The molecule has 0 heterocycles. The van der Waals surface area contributed by atoms with E-state index in [9.17, 15) is 0 Å². The third kappa shape index (κ3) is 1.55. The molecule has 0 fully saturated rings. The molecule has 0 aliphatic rings. The first-order chi connectivity index (χ1) is 5.29. The Hall–Kier alpha value is -0.950. The van der Waals surface area contributed by atoms with Crippen molar-refractivity contribution in [2.75, 3.05) is 7.11 Å². The normalized spacial score (nSPS) is 9.27. The first-order valence-electron chi connectivity index (χ1n) is 3.24. The summed E-state index contributed by atoms with van der Waals surface area (Å²) in [6.07, 6.45) is 1.71. The second-order valence-electron chi connectivity index (χ2n) is 2.07. The zero-order chi connectivity index (χ0) is 8.27. The predicted octanol–water partition coefficient (Wildman–Crippen LogP) is 2.99. The summed E-state index contributed by atoms with van der Waals surface area (Å²) < 4.78 is 5.06. The van der Waals surface area contributed by atoms with Crippen LogP contribution in [0.15, 0.2) is 24.8 Å². The van der Waals surface area contributed by atoms with Crippen LogP contribution in [-0.4, -0.2) is 7.11 Å². The van der Waals surface area contributed by atoms with Crippen LogP contribution in [0.3, 0.4) is 0 Å². The van der Waals surface area contributed by atoms with Gasteiger partial charge in [0.25, 0.3) is 0 Å². The van der Waals surface area contributed by atoms with Crippen molar-refractivity contribution >= 4 is 17.7 Å². The lowest BCUT2D eigenvalue weighted by molar-refractivity contribution is 0.414. The van der Waals surface area contributed by atoms with Gasteiger partial charge in [-0.15, -0.1) is 0 Å². The Labute approximate surface area is 71.3 Å². The molecule has 0 atom stereocenters. The molecule has 0 aromatic heterocycles. The molecule has 0 N–H and O–H groups in total. The van der Waals surface area contributed by atoms with E-state index in [-0.39, 0.29) is 0 Å². The fraction of sp³-hybridized carbons (Fsp3) is 0.111. The second kappa shape index (κ2) is 3.44. The smallest absolute Gasteiger partial charge is 0.144 e. The quantitative estimate of drug-likeness (QED) is 0.660. The van der Waals surface area contributed by atoms with E-state index in [4.69, 9.17) is 16.3 Å². The Bertz CT molecular complexity index is 268. The summed E-state index contributed by atoms with van der Waals surface area (Å²) in [6, 6.07) is 5.55. The zero-order valence-corrected chi connectivity index (χ0v) is 7.06. The topological polar surface area (TPSA) is 9.23 Å². The molecule has 58 valence electrons. The molecule has 11 heavy (non-hydrogen) atoms. The molecular formula is C9H9ClO. The monoisotopic (exact) mass is 168 g/mol. The average Bonchev–Trinajstić information content (AvgIpc) is 2.04. The van der Waals surface area contributed by atoms with Crippen molar-refractivity contribution in [3.05, 3.63) is 35.4 Å². The maximum atomic E-state index is 5.84. The number of hydrogen-bond donors (Lipinski definition) is 0. The number of benzene rings is 1. The van der Waals surface area contributed by atoms with Crippen LogP contribution in [0.4, 0.5) is 0 Å². The second-order valence-corrected chi connectivity index (χ2v) is 2.47. The number of halogens is 1. The fourth-order valence-electron chi connectivity index (χ4n) is 0.902. The fourth-order valence-corrected chi connectivity index (χ4v) is 1.16. The number of methoxy groups -OCH3 is 1. The van der Waals surface area contributed by atoms with Crippen LogP contribution >= 0.6 is 11.6 Å². The van der Waals surface area contributed by atoms with Gasteiger partial charge in [0.15, 0.2) is 0 Å². The van der Waals surface area contributed by atoms with Crippen molar-refractivity contribution < 1.29 is 4.74 Å². The Balaban J connectivity index is 3.23. The molecule has 0 saturated carbocycles. The van der Waals surface area contributed by atoms with Crippen LogP contribution in [0.25, 0.3) is 6.08 Å². The lowest BCUT2D eigenvalue weighted by atomic mass is 10.2. The maximum absolute atomic E-state index is 5.84. The van der Waals surface area contributed by atoms with Crippen LogP contribution in [0, 0.1) is 0 Å². The van der Waals surface area contributed by atoms with Crippen molar-refractivity contribution in [3.8, 4) is 5.75 Å². The highest BCUT2D eigenvalue weighted by Crippen LogP contribution is 2.28. The van der Waals surface area contributed by atoms with Gasteiger partial charge >= 0.3 is 0 Å². The molecule has 2 heteroatoms. The van der Waals surface area contributed by atoms with Gasteiger partial charge in [-0.3, -0.25) is 0 Å². The van der Waals surface area contributed by atoms with Crippen LogP contribution in [0.2, 0.25) is 5.02 Å². The third-order valence-corrected chi connectivity index (χ3v) is 1.72. The van der Waals surface area contributed by atoms with Gasteiger partial charge in [-0.05, 0) is 6.07 Å². The number of ether oxygens (including phenoxy) is 1. The molecule has 0 saturated heterocycles. The number of hydrogen-bond acceptors (Lipinski definition) is 1. The van der Waals surface area contributed by atoms with E-state index >= 15 is 0 Å². The van der Waals surface area contributed by atoms with E-state index in [1.165, 1.54) is 0 Å². The Morgan fingerprint density at radius 3 is 2.73 bits per heavy atom. The van der Waals surface area contributed by atoms with E-state index in [0.717, 1.165) is 5.56 Å². The van der Waals surface area contributed by atoms with Crippen molar-refractivity contribution in [2.24, 2.45) is 0 Å². The van der Waals surface area contributed by atoms with Crippen molar-refractivity contribution in [3.63, 3.8) is 0 Å². The van der Waals surface area contributed by atoms with Gasteiger partial charge in [0.2, 0.25) is 0 Å². The largest absolute Gasteiger partial charge is 0.495 e. The molecule has 0 bridgehead atoms. The minimum absolute atomic E-state index is 0.616. The molecular weight excluding hydrogens is 160 g/mol. The Morgan fingerprint density at radius 1 is 1.55 bits per heavy atom. The van der Waals surface area contributed by atoms with E-state index in [2.05, 4.69) is 6.58 Å². The summed E-state index contributed by atoms with van der Waals surface area (Å²) in [5, 5.41) is 0.616. The molecule has 0 aliphatic heterocycles. The number of rotatable bonds is 2. The van der Waals surface area contributed by atoms with Gasteiger partial charge in [-0.1, -0.05) is 36.4 Å². The predicted molar refractivity (Wildman–Crippen MR) is 48.1 cm³/mol. The van der Waals surface area contributed by atoms with Crippen LogP contribution in [0.5, 0.6) is 5.75 Å². The van der Waals surface area contributed by atoms with Crippen molar-refractivity contribution in [1.82, 2.24) is 0 Å². The molecule has 1 nitrogen and oxygen atoms in total. The minimum Gasteiger partial charge on any atom is -0.495 e. The number of para-hydroxylation sites is 1. The summed E-state index contributed by atoms with van der Waals surface area (Å²) in [5.41, 5.74) is 0.917. The minimum atomic E-state index is 0.616. The summed E-state index contributed by atoms with van der Waals surface area (Å²) >= 11 is 5.84. The standard InChI is InChI=1S/C9H9ClO/c1-3-7-5-4-6-8(10)9(7)11-2/h3-6H,1H2,2H3. The van der Waals surface area contributed by atoms with Gasteiger partial charge in [0, 0.05) is 5.56 Å². The van der Waals surface area contributed by atoms with Crippen LogP contribution in [0.1, 0.15) is 5.56 Å². The molecule has 1 aromatic carbocycles. The molecule has 0 spiro atoms. The highest BCUT2D eigenvalue weighted by atomic mass is 35.5. The van der Waals surface area contributed by atoms with Gasteiger partial charge in [-0.25, -0.2) is 0 Å². The molecule has 0 aliphatic carbocycles. The average molecular weight is 169 g/mol. The highest BCUT2D eigenvalue weighted by Gasteiger charge is 2.02. The molecule has 0 radical (unpaired) electrons. The first-order valence-corrected chi connectivity index (χ1v) is 3.62. The zero-order valence-electron chi connectivity index (χ0n) is 6.30. The van der Waals surface area contributed by atoms with Crippen LogP contribution < -0.4 is 4.74 Å². The van der Waals surface area contributed by atoms with Crippen molar-refractivity contribution in [1.29, 1.82) is 0 Å². The van der Waals surface area contributed by atoms with Crippen molar-refractivity contribution in [2.45, 2.75) is 0 Å². The van der Waals surface area contributed by atoms with Gasteiger partial charge in [0.1, 0.15) is 5.75 Å². The lowest BCUT2D eigenvalue weighted by Gasteiger charge is -2.05. The highest BCUT2D eigenvalue weighted by molar-refractivity contribution is 6.32. The van der Waals surface area contributed by atoms with E-state index in [0.29, 0.717) is 10.8 Å². The van der Waals surface area contributed by atoms with Crippen LogP contribution in [-0.2, 0) is 0 Å². The molecule has 1 aromatic rings. The lowest BCUT2D eigenvalue weighted by Crippen LogP contribution is -1.86. The van der Waals surface area contributed by atoms with Gasteiger partial charge < -0.3 is 4.74 Å². The van der Waals surface area contributed by atoms with E-state index in [1.807, 2.05) is 12.1 Å². The summed E-state index contributed by atoms with van der Waals surface area (Å²) in [7, 11) is 1.59. The van der Waals surface area contributed by atoms with E-state index in [1.54, 1.807) is 19.3 Å².